The van der Waals surface area contributed by atoms with Crippen molar-refractivity contribution in [3.8, 4) is 0 Å². The summed E-state index contributed by atoms with van der Waals surface area (Å²) in [6, 6.07) is 54.0. The molecular formula is C84H100N16O8. The van der Waals surface area contributed by atoms with Gasteiger partial charge >= 0.3 is 0 Å². The van der Waals surface area contributed by atoms with Crippen LogP contribution in [-0.4, -0.2) is 171 Å². The number of non-ortho nitro benzene ring substituents is 2. The highest BCUT2D eigenvalue weighted by Gasteiger charge is 2.31. The molecule has 8 aromatic rings. The van der Waals surface area contributed by atoms with E-state index in [1.54, 1.807) is 24.3 Å². The molecule has 0 radical (unpaired) electrons. The lowest BCUT2D eigenvalue weighted by Crippen LogP contribution is -2.44. The standard InChI is InChI=1S/C42H48N8O6.C42H52N8O2/c51-41(47-19-15-33(16-20-47)23-31-7-11-39(12-8-31)49(53)54)29-45-25-35-3-1-4-36(43-35)26-46(28-38-6-2-5-37(27-45)44-38)30-42(52)48-21-17-34(18-22-48)24-32-9-13-40(14-10-32)50(55)56;43-35-11-7-31(8-12-35)23-33-15-19-49(20-16-33)41(51)29-47-25-37-3-1-4-38(45-37)26-48(28-40-6-2-5-39(27-47)46-40)30-42(52)50-21-17-34(18-22-50)24-32-9-13-36(44)14-10-32/h1-14,33-34H,15-30H2;1-14,33-34H,15-30,43-44H2. The van der Waals surface area contributed by atoms with Gasteiger partial charge in [-0.3, -0.25) is 78.9 Å². The van der Waals surface area contributed by atoms with Gasteiger partial charge in [0.05, 0.1) is 81.6 Å². The van der Waals surface area contributed by atoms with E-state index in [0.717, 1.165) is 171 Å². The first-order chi connectivity index (χ1) is 52.4. The number of nitrogen functional groups attached to an aromatic ring is 2. The lowest BCUT2D eigenvalue weighted by atomic mass is 9.90. The lowest BCUT2D eigenvalue weighted by molar-refractivity contribution is -0.385. The maximum absolute atomic E-state index is 13.7. The zero-order valence-electron chi connectivity index (χ0n) is 61.8. The second-order valence-electron chi connectivity index (χ2n) is 30.5. The maximum atomic E-state index is 13.7. The highest BCUT2D eigenvalue weighted by Crippen LogP contribution is 2.29. The van der Waals surface area contributed by atoms with Crippen LogP contribution in [-0.2, 0) is 97.2 Å². The topological polar surface area (TPSA) is 284 Å². The molecule has 0 aliphatic carbocycles. The molecule has 0 atom stereocenters. The number of fused-ring (bicyclic) bond motifs is 8. The van der Waals surface area contributed by atoms with Gasteiger partial charge in [0, 0.05) is 140 Å². The van der Waals surface area contributed by atoms with E-state index in [-0.39, 0.29) is 57.9 Å². The number of amides is 4. The molecule has 4 aromatic heterocycles. The lowest BCUT2D eigenvalue weighted by Gasteiger charge is -2.34. The van der Waals surface area contributed by atoms with Crippen LogP contribution in [0.3, 0.4) is 0 Å². The summed E-state index contributed by atoms with van der Waals surface area (Å²) >= 11 is 0. The Bertz CT molecular complexity index is 4000. The van der Waals surface area contributed by atoms with Crippen LogP contribution in [0.5, 0.6) is 0 Å². The number of hydrogen-bond donors (Lipinski definition) is 2. The molecule has 24 heteroatoms. The third-order valence-electron chi connectivity index (χ3n) is 22.2. The van der Waals surface area contributed by atoms with Crippen molar-refractivity contribution in [1.29, 1.82) is 0 Å². The first-order valence-electron chi connectivity index (χ1n) is 38.4. The number of likely N-dealkylation sites (tertiary alicyclic amines) is 4. The fraction of sp³-hybridized carbons (Fsp3) is 0.429. The van der Waals surface area contributed by atoms with Gasteiger partial charge in [0.15, 0.2) is 0 Å². The molecule has 4 amide bonds. The fourth-order valence-corrected chi connectivity index (χ4v) is 16.2. The minimum Gasteiger partial charge on any atom is -0.399 e. The number of anilines is 2. The summed E-state index contributed by atoms with van der Waals surface area (Å²) in [5, 5.41) is 22.0. The van der Waals surface area contributed by atoms with Crippen molar-refractivity contribution in [3.05, 3.63) is 258 Å². The van der Waals surface area contributed by atoms with Crippen molar-refractivity contribution < 1.29 is 29.0 Å². The monoisotopic (exact) mass is 1460 g/mol. The molecule has 4 fully saturated rings. The van der Waals surface area contributed by atoms with Crippen LogP contribution >= 0.6 is 0 Å². The molecule has 10 heterocycles. The van der Waals surface area contributed by atoms with Crippen molar-refractivity contribution in [2.24, 2.45) is 23.7 Å². The number of hydrogen-bond acceptors (Lipinski definition) is 18. The Morgan fingerprint density at radius 1 is 0.306 bits per heavy atom. The number of pyridine rings is 4. The molecule has 0 unspecified atom stereocenters. The zero-order valence-corrected chi connectivity index (χ0v) is 61.8. The van der Waals surface area contributed by atoms with E-state index in [1.807, 2.05) is 141 Å². The summed E-state index contributed by atoms with van der Waals surface area (Å²) in [4.78, 5) is 112. The Labute approximate surface area is 632 Å². The summed E-state index contributed by atoms with van der Waals surface area (Å²) in [5.41, 5.74) is 25.4. The molecule has 0 saturated carbocycles. The van der Waals surface area contributed by atoms with Crippen molar-refractivity contribution in [1.82, 2.24) is 59.1 Å². The predicted octanol–water partition coefficient (Wildman–Crippen LogP) is 10.5. The van der Waals surface area contributed by atoms with Crippen molar-refractivity contribution in [3.63, 3.8) is 0 Å². The summed E-state index contributed by atoms with van der Waals surface area (Å²) < 4.78 is 0. The quantitative estimate of drug-likeness (QED) is 0.0459. The number of benzene rings is 4. The van der Waals surface area contributed by atoms with Crippen LogP contribution in [0.15, 0.2) is 170 Å². The molecule has 6 aliphatic rings. The van der Waals surface area contributed by atoms with Crippen molar-refractivity contribution >= 4 is 46.4 Å². The normalized spacial score (nSPS) is 17.8. The molecule has 4 aromatic carbocycles. The number of nitrogens with two attached hydrogens (primary N) is 2. The van der Waals surface area contributed by atoms with Gasteiger partial charge in [-0.1, -0.05) is 72.8 Å². The number of nitro benzene ring substituents is 2. The van der Waals surface area contributed by atoms with Crippen LogP contribution in [0.1, 0.15) is 119 Å². The van der Waals surface area contributed by atoms with Crippen LogP contribution < -0.4 is 11.5 Å². The second kappa shape index (κ2) is 36.5. The van der Waals surface area contributed by atoms with E-state index in [2.05, 4.69) is 43.9 Å². The van der Waals surface area contributed by atoms with E-state index in [9.17, 15) is 39.4 Å². The molecule has 0 spiro atoms. The van der Waals surface area contributed by atoms with E-state index < -0.39 is 0 Å². The van der Waals surface area contributed by atoms with Crippen LogP contribution in [0.25, 0.3) is 0 Å². The van der Waals surface area contributed by atoms with Crippen LogP contribution in [0.4, 0.5) is 22.7 Å². The molecule has 8 bridgehead atoms. The highest BCUT2D eigenvalue weighted by atomic mass is 16.6. The number of carbonyl (C=O) groups excluding carboxylic acids is 4. The number of piperidine rings is 4. The Hall–Kier alpha value is -10.4. The van der Waals surface area contributed by atoms with E-state index in [1.165, 1.54) is 11.1 Å². The first kappa shape index (κ1) is 75.8. The molecular weight excluding hydrogens is 1360 g/mol. The van der Waals surface area contributed by atoms with Gasteiger partial charge in [-0.25, -0.2) is 0 Å². The molecule has 564 valence electrons. The fourth-order valence-electron chi connectivity index (χ4n) is 16.2. The smallest absolute Gasteiger partial charge is 0.269 e. The summed E-state index contributed by atoms with van der Waals surface area (Å²) in [6.45, 7) is 11.1. The second-order valence-corrected chi connectivity index (χ2v) is 30.5. The van der Waals surface area contributed by atoms with E-state index in [4.69, 9.17) is 31.4 Å². The third-order valence-corrected chi connectivity index (χ3v) is 22.2. The Morgan fingerprint density at radius 2 is 0.491 bits per heavy atom. The third kappa shape index (κ3) is 21.9. The maximum Gasteiger partial charge on any atom is 0.269 e. The van der Waals surface area contributed by atoms with Crippen molar-refractivity contribution in [2.45, 2.75) is 129 Å². The molecule has 14 rings (SSSR count). The van der Waals surface area contributed by atoms with E-state index >= 15 is 0 Å². The van der Waals surface area contributed by atoms with Crippen molar-refractivity contribution in [2.75, 3.05) is 90.0 Å². The van der Waals surface area contributed by atoms with Gasteiger partial charge in [-0.2, -0.15) is 0 Å². The molecule has 4 saturated heterocycles. The van der Waals surface area contributed by atoms with Gasteiger partial charge < -0.3 is 31.1 Å². The van der Waals surface area contributed by atoms with Gasteiger partial charge in [-0.05, 0) is 196 Å². The average Bonchev–Trinajstić information content (AvgIpc) is 0.841. The number of aromatic nitrogens is 4. The first-order valence-corrected chi connectivity index (χ1v) is 38.4. The number of nitrogens with zero attached hydrogens (tertiary/aromatic N) is 14. The number of nitro groups is 2. The molecule has 4 N–H and O–H groups in total. The number of rotatable bonds is 18. The van der Waals surface area contributed by atoms with Crippen LogP contribution in [0, 0.1) is 43.9 Å². The molecule has 24 nitrogen and oxygen atoms in total. The highest BCUT2D eigenvalue weighted by molar-refractivity contribution is 5.80. The minimum absolute atomic E-state index is 0.0817. The van der Waals surface area contributed by atoms with Gasteiger partial charge in [0.25, 0.3) is 11.4 Å². The Kier molecular flexibility index (Phi) is 25.6. The van der Waals surface area contributed by atoms with Gasteiger partial charge in [0.2, 0.25) is 23.6 Å². The summed E-state index contributed by atoms with van der Waals surface area (Å²) in [7, 11) is 0. The van der Waals surface area contributed by atoms with Gasteiger partial charge in [-0.15, -0.1) is 0 Å². The summed E-state index contributed by atoms with van der Waals surface area (Å²) in [5.74, 6) is 2.46. The van der Waals surface area contributed by atoms with Gasteiger partial charge in [0.1, 0.15) is 0 Å². The largest absolute Gasteiger partial charge is 0.399 e. The average molecular weight is 1460 g/mol. The molecule has 108 heavy (non-hydrogen) atoms. The van der Waals surface area contributed by atoms with E-state index in [0.29, 0.717) is 115 Å². The minimum atomic E-state index is -0.383. The Balaban J connectivity index is 0.000000191. The summed E-state index contributed by atoms with van der Waals surface area (Å²) in [6.07, 6.45) is 11.3. The number of carbonyl (C=O) groups is 4. The molecule has 6 aliphatic heterocycles. The predicted molar refractivity (Wildman–Crippen MR) is 413 cm³/mol. The Morgan fingerprint density at radius 3 is 0.676 bits per heavy atom. The SMILES string of the molecule is Nc1ccc(CC2CCN(C(=O)CN3Cc4cccc(n4)CN(CC(=O)N4CCC(Cc5ccc(N)cc5)CC4)Cc4cccc(n4)C3)CC2)cc1.O=C(CN1Cc2cccc(n2)CN(CC(=O)N2CCC(Cc3ccc([N+](=O)[O-])cc3)CC2)Cc2cccc(n2)C1)N1CCC(Cc2ccc([N+](=O)[O-])cc2)CC1. The zero-order chi connectivity index (χ0) is 74.9. The van der Waals surface area contributed by atoms with Crippen LogP contribution in [0.2, 0.25) is 0 Å².